The van der Waals surface area contributed by atoms with Crippen molar-refractivity contribution in [2.45, 2.75) is 12.4 Å². The minimum atomic E-state index is -0.168. The van der Waals surface area contributed by atoms with Crippen LogP contribution in [0, 0.1) is 0 Å². The summed E-state index contributed by atoms with van der Waals surface area (Å²) < 4.78 is 17.3. The lowest BCUT2D eigenvalue weighted by atomic mass is 10.2. The van der Waals surface area contributed by atoms with Gasteiger partial charge in [-0.25, -0.2) is 5.43 Å². The fraction of sp³-hybridized carbons (Fsp3) is 0.200. The van der Waals surface area contributed by atoms with Crippen molar-refractivity contribution in [1.82, 2.24) is 5.43 Å². The molecular formula is C25H25BrN2O4S. The quantitative estimate of drug-likeness (QED) is 0.265. The highest BCUT2D eigenvalue weighted by molar-refractivity contribution is 9.10. The Kier molecular flexibility index (Phi) is 9.65. The Labute approximate surface area is 206 Å². The van der Waals surface area contributed by atoms with Crippen LogP contribution in [0.5, 0.6) is 17.2 Å². The van der Waals surface area contributed by atoms with E-state index in [9.17, 15) is 4.79 Å². The summed E-state index contributed by atoms with van der Waals surface area (Å²) in [4.78, 5) is 12.1. The number of hydrazone groups is 1. The Hall–Kier alpha value is -2.97. The number of methoxy groups -OCH3 is 2. The summed E-state index contributed by atoms with van der Waals surface area (Å²) in [5.41, 5.74) is 5.51. The van der Waals surface area contributed by atoms with Crippen LogP contribution in [0.15, 0.2) is 76.3 Å². The van der Waals surface area contributed by atoms with Gasteiger partial charge in [-0.1, -0.05) is 42.5 Å². The van der Waals surface area contributed by atoms with Crippen molar-refractivity contribution in [3.63, 3.8) is 0 Å². The minimum absolute atomic E-state index is 0.168. The highest BCUT2D eigenvalue weighted by atomic mass is 79.9. The molecule has 0 aromatic heterocycles. The van der Waals surface area contributed by atoms with Gasteiger partial charge in [-0.2, -0.15) is 5.10 Å². The Morgan fingerprint density at radius 3 is 2.48 bits per heavy atom. The van der Waals surface area contributed by atoms with E-state index >= 15 is 0 Å². The van der Waals surface area contributed by atoms with Crippen LogP contribution in [0.4, 0.5) is 0 Å². The predicted octanol–water partition coefficient (Wildman–Crippen LogP) is 5.43. The molecule has 33 heavy (non-hydrogen) atoms. The number of thioether (sulfide) groups is 1. The molecular weight excluding hydrogens is 504 g/mol. The number of hydrogen-bond acceptors (Lipinski definition) is 6. The van der Waals surface area contributed by atoms with E-state index in [-0.39, 0.29) is 5.91 Å². The Morgan fingerprint density at radius 2 is 1.79 bits per heavy atom. The van der Waals surface area contributed by atoms with E-state index in [1.54, 1.807) is 26.5 Å². The predicted molar refractivity (Wildman–Crippen MR) is 136 cm³/mol. The van der Waals surface area contributed by atoms with Gasteiger partial charge in [0, 0.05) is 5.75 Å². The summed E-state index contributed by atoms with van der Waals surface area (Å²) in [5.74, 6) is 2.87. The Morgan fingerprint density at radius 1 is 1.03 bits per heavy atom. The molecule has 0 saturated heterocycles. The van der Waals surface area contributed by atoms with Crippen LogP contribution in [0.1, 0.15) is 16.7 Å². The molecule has 0 bridgehead atoms. The van der Waals surface area contributed by atoms with E-state index < -0.39 is 0 Å². The number of rotatable bonds is 11. The molecule has 0 aliphatic carbocycles. The number of ether oxygens (including phenoxy) is 3. The van der Waals surface area contributed by atoms with Crippen LogP contribution in [0.25, 0.3) is 0 Å². The number of nitrogens with one attached hydrogen (secondary N) is 1. The number of nitrogens with zero attached hydrogens (tertiary/aromatic N) is 1. The van der Waals surface area contributed by atoms with Crippen molar-refractivity contribution in [1.29, 1.82) is 0 Å². The molecule has 0 heterocycles. The van der Waals surface area contributed by atoms with Gasteiger partial charge in [-0.15, -0.1) is 11.8 Å². The number of benzene rings is 3. The van der Waals surface area contributed by atoms with Crippen molar-refractivity contribution in [2.24, 2.45) is 5.10 Å². The van der Waals surface area contributed by atoms with Gasteiger partial charge >= 0.3 is 0 Å². The van der Waals surface area contributed by atoms with Crippen molar-refractivity contribution in [3.8, 4) is 17.2 Å². The average Bonchev–Trinajstić information content (AvgIpc) is 2.84. The highest BCUT2D eigenvalue weighted by Crippen LogP contribution is 2.36. The Balaban J connectivity index is 1.50. The van der Waals surface area contributed by atoms with Crippen molar-refractivity contribution < 1.29 is 19.0 Å². The molecule has 0 aliphatic heterocycles. The number of amides is 1. The van der Waals surface area contributed by atoms with E-state index in [2.05, 4.69) is 26.5 Å². The van der Waals surface area contributed by atoms with E-state index in [4.69, 9.17) is 14.2 Å². The Bertz CT molecular complexity index is 1080. The summed E-state index contributed by atoms with van der Waals surface area (Å²) >= 11 is 5.05. The van der Waals surface area contributed by atoms with Gasteiger partial charge < -0.3 is 14.2 Å². The number of hydrogen-bond donors (Lipinski definition) is 1. The first kappa shape index (κ1) is 24.7. The van der Waals surface area contributed by atoms with Gasteiger partial charge in [0.25, 0.3) is 0 Å². The molecule has 0 unspecified atom stereocenters. The van der Waals surface area contributed by atoms with Gasteiger partial charge in [-0.3, -0.25) is 4.79 Å². The summed E-state index contributed by atoms with van der Waals surface area (Å²) in [6.45, 7) is 0.424. The maximum Gasteiger partial charge on any atom is 0.250 e. The standard InChI is InChI=1S/C25H25BrN2O4S/c1-30-21-10-8-19(9-11-21)16-33-17-24(29)28-27-14-20-12-22(26)25(23(13-20)31-2)32-15-18-6-4-3-5-7-18/h3-14H,15-17H2,1-2H3,(H,28,29)/b27-14-. The van der Waals surface area contributed by atoms with Gasteiger partial charge in [0.2, 0.25) is 5.91 Å². The van der Waals surface area contributed by atoms with Gasteiger partial charge in [0.1, 0.15) is 12.4 Å². The second-order valence-corrected chi connectivity index (χ2v) is 8.78. The van der Waals surface area contributed by atoms with Crippen molar-refractivity contribution in [3.05, 3.63) is 87.9 Å². The normalized spacial score (nSPS) is 10.8. The molecule has 0 fully saturated rings. The van der Waals surface area contributed by atoms with Gasteiger partial charge in [-0.05, 0) is 56.9 Å². The minimum Gasteiger partial charge on any atom is -0.497 e. The fourth-order valence-electron chi connectivity index (χ4n) is 2.88. The van der Waals surface area contributed by atoms with Crippen LogP contribution >= 0.6 is 27.7 Å². The molecule has 0 radical (unpaired) electrons. The van der Waals surface area contributed by atoms with Crippen LogP contribution in [-0.2, 0) is 17.2 Å². The molecule has 0 atom stereocenters. The first-order valence-electron chi connectivity index (χ1n) is 10.2. The molecule has 6 nitrogen and oxygen atoms in total. The summed E-state index contributed by atoms with van der Waals surface area (Å²) in [5, 5.41) is 4.06. The van der Waals surface area contributed by atoms with Gasteiger partial charge in [0.15, 0.2) is 11.5 Å². The molecule has 0 spiro atoms. The molecule has 1 N–H and O–H groups in total. The zero-order chi connectivity index (χ0) is 23.5. The fourth-order valence-corrected chi connectivity index (χ4v) is 4.23. The van der Waals surface area contributed by atoms with E-state index in [0.29, 0.717) is 23.9 Å². The molecule has 0 aliphatic rings. The third-order valence-corrected chi connectivity index (χ3v) is 6.13. The van der Waals surface area contributed by atoms with E-state index in [1.807, 2.05) is 60.7 Å². The zero-order valence-corrected chi connectivity index (χ0v) is 20.8. The zero-order valence-electron chi connectivity index (χ0n) is 18.4. The molecule has 172 valence electrons. The number of carbonyl (C=O) groups excluding carboxylic acids is 1. The van der Waals surface area contributed by atoms with Gasteiger partial charge in [0.05, 0.1) is 30.7 Å². The summed E-state index contributed by atoms with van der Waals surface area (Å²) in [6.07, 6.45) is 1.57. The third kappa shape index (κ3) is 7.83. The lowest BCUT2D eigenvalue weighted by Gasteiger charge is -2.13. The summed E-state index contributed by atoms with van der Waals surface area (Å²) in [7, 11) is 3.22. The second kappa shape index (κ2) is 12.9. The second-order valence-electron chi connectivity index (χ2n) is 6.94. The number of halogens is 1. The molecule has 8 heteroatoms. The molecule has 3 aromatic rings. The smallest absolute Gasteiger partial charge is 0.250 e. The molecule has 0 saturated carbocycles. The maximum atomic E-state index is 12.1. The lowest BCUT2D eigenvalue weighted by Crippen LogP contribution is -2.19. The highest BCUT2D eigenvalue weighted by Gasteiger charge is 2.11. The van der Waals surface area contributed by atoms with E-state index in [0.717, 1.165) is 32.7 Å². The molecule has 3 rings (SSSR count). The lowest BCUT2D eigenvalue weighted by molar-refractivity contribution is -0.118. The third-order valence-electron chi connectivity index (χ3n) is 4.54. The van der Waals surface area contributed by atoms with Crippen molar-refractivity contribution >= 4 is 39.8 Å². The average molecular weight is 529 g/mol. The van der Waals surface area contributed by atoms with Crippen molar-refractivity contribution in [2.75, 3.05) is 20.0 Å². The van der Waals surface area contributed by atoms with Crippen LogP contribution in [0.3, 0.4) is 0 Å². The summed E-state index contributed by atoms with van der Waals surface area (Å²) in [6, 6.07) is 21.4. The first-order chi connectivity index (χ1) is 16.1. The topological polar surface area (TPSA) is 69.2 Å². The van der Waals surface area contributed by atoms with E-state index in [1.165, 1.54) is 11.8 Å². The monoisotopic (exact) mass is 528 g/mol. The SMILES string of the molecule is COc1ccc(CSCC(=O)N/N=C\c2cc(Br)c(OCc3ccccc3)c(OC)c2)cc1. The maximum absolute atomic E-state index is 12.1. The van der Waals surface area contributed by atoms with Crippen LogP contribution in [0.2, 0.25) is 0 Å². The largest absolute Gasteiger partial charge is 0.497 e. The molecule has 1 amide bonds. The number of carbonyl (C=O) groups is 1. The van der Waals surface area contributed by atoms with Crippen LogP contribution < -0.4 is 19.6 Å². The first-order valence-corrected chi connectivity index (χ1v) is 12.1. The molecule has 3 aromatic carbocycles. The van der Waals surface area contributed by atoms with Crippen LogP contribution in [-0.4, -0.2) is 32.1 Å².